The van der Waals surface area contributed by atoms with Gasteiger partial charge in [-0.15, -0.1) is 0 Å². The number of rotatable bonds is 16. The molecule has 4 rings (SSSR count). The Balaban J connectivity index is 1.33. The molecule has 7 nitrogen and oxygen atoms in total. The van der Waals surface area contributed by atoms with Crippen molar-refractivity contribution in [3.05, 3.63) is 12.2 Å². The van der Waals surface area contributed by atoms with E-state index in [0.717, 1.165) is 48.3 Å². The molecule has 11 atom stereocenters. The zero-order chi connectivity index (χ0) is 33.6. The number of aliphatic hydroxyl groups excluding tert-OH is 2. The quantitative estimate of drug-likeness (QED) is 0.133. The topological polar surface area (TPSA) is 102 Å². The Morgan fingerprint density at radius 1 is 0.870 bits per heavy atom. The molecule has 264 valence electrons. The Kier molecular flexibility index (Phi) is 13.3. The van der Waals surface area contributed by atoms with Gasteiger partial charge >= 0.3 is 11.9 Å². The lowest BCUT2D eigenvalue weighted by Crippen LogP contribution is -2.54. The highest BCUT2D eigenvalue weighted by Crippen LogP contribution is 2.68. The molecular weight excluding hydrogens is 580 g/mol. The first-order chi connectivity index (χ1) is 21.8. The van der Waals surface area contributed by atoms with Crippen LogP contribution in [0.5, 0.6) is 0 Å². The summed E-state index contributed by atoms with van der Waals surface area (Å²) in [6.45, 7) is 17.3. The minimum Gasteiger partial charge on any atom is -0.463 e. The first kappa shape index (κ1) is 37.4. The molecule has 0 amide bonds. The van der Waals surface area contributed by atoms with Crippen molar-refractivity contribution in [1.82, 2.24) is 0 Å². The van der Waals surface area contributed by atoms with Crippen LogP contribution in [0.1, 0.15) is 119 Å². The lowest BCUT2D eigenvalue weighted by Gasteiger charge is -2.61. The maximum atomic E-state index is 12.2. The molecule has 0 aromatic carbocycles. The molecule has 4 fully saturated rings. The zero-order valence-corrected chi connectivity index (χ0v) is 29.9. The number of carbonyl (C=O) groups excluding carboxylic acids is 2. The van der Waals surface area contributed by atoms with Crippen molar-refractivity contribution in [2.24, 2.45) is 64.1 Å². The lowest BCUT2D eigenvalue weighted by molar-refractivity contribution is -0.159. The third-order valence-electron chi connectivity index (χ3n) is 13.5. The summed E-state index contributed by atoms with van der Waals surface area (Å²) in [5.74, 6) is 4.45. The third-order valence-corrected chi connectivity index (χ3v) is 13.5. The number of hydrogen-bond acceptors (Lipinski definition) is 7. The van der Waals surface area contributed by atoms with Gasteiger partial charge in [-0.3, -0.25) is 4.79 Å². The standard InChI is InChI=1S/C39H66O7/c1-25(2)9-8-10-26(3)33-13-14-34-32-12-11-30-19-29(15-17-38(30,6)35(32)16-18-39(33,34)7)22-44-31(23-45-36(42)27(4)20-40)24-46-37(43)28(5)21-41/h25-26,28-35,40-41H,4,8-24H2,1-3,5-7H3/t26-,28?,29+,30+,31?,32+,33?,34+,35+,38+,39-/m1/s1. The van der Waals surface area contributed by atoms with Crippen molar-refractivity contribution in [1.29, 1.82) is 0 Å². The number of esters is 2. The second-order valence-corrected chi connectivity index (χ2v) is 16.9. The molecule has 0 radical (unpaired) electrons. The highest BCUT2D eigenvalue weighted by atomic mass is 16.6. The van der Waals surface area contributed by atoms with Gasteiger partial charge in [-0.05, 0) is 123 Å². The van der Waals surface area contributed by atoms with Gasteiger partial charge in [0.15, 0.2) is 0 Å². The first-order valence-electron chi connectivity index (χ1n) is 18.7. The summed E-state index contributed by atoms with van der Waals surface area (Å²) in [7, 11) is 0. The Morgan fingerprint density at radius 3 is 2.26 bits per heavy atom. The van der Waals surface area contributed by atoms with Crippen molar-refractivity contribution in [2.75, 3.05) is 33.0 Å². The summed E-state index contributed by atoms with van der Waals surface area (Å²) in [5.41, 5.74) is 0.892. The molecule has 4 aliphatic carbocycles. The molecule has 4 aliphatic rings. The zero-order valence-electron chi connectivity index (χ0n) is 29.9. The fraction of sp³-hybridized carbons (Fsp3) is 0.897. The fourth-order valence-corrected chi connectivity index (χ4v) is 10.7. The normalized spacial score (nSPS) is 35.8. The van der Waals surface area contributed by atoms with E-state index in [2.05, 4.69) is 41.2 Å². The van der Waals surface area contributed by atoms with E-state index in [0.29, 0.717) is 29.3 Å². The number of hydrogen-bond donors (Lipinski definition) is 2. The van der Waals surface area contributed by atoms with Gasteiger partial charge in [0.2, 0.25) is 0 Å². The van der Waals surface area contributed by atoms with E-state index < -0.39 is 30.6 Å². The molecule has 0 aromatic rings. The maximum absolute atomic E-state index is 12.2. The second kappa shape index (κ2) is 16.3. The average molecular weight is 647 g/mol. The molecular formula is C39H66O7. The van der Waals surface area contributed by atoms with E-state index in [4.69, 9.17) is 14.2 Å². The smallest absolute Gasteiger partial charge is 0.335 e. The highest BCUT2D eigenvalue weighted by Gasteiger charge is 2.60. The third kappa shape index (κ3) is 8.40. The van der Waals surface area contributed by atoms with Gasteiger partial charge in [0.1, 0.15) is 19.3 Å². The van der Waals surface area contributed by atoms with Crippen LogP contribution in [0.3, 0.4) is 0 Å². The molecule has 0 heterocycles. The number of fused-ring (bicyclic) bond motifs is 5. The summed E-state index contributed by atoms with van der Waals surface area (Å²) >= 11 is 0. The molecule has 0 saturated heterocycles. The largest absolute Gasteiger partial charge is 0.463 e. The Labute approximate surface area is 279 Å². The SMILES string of the molecule is C=C(CO)C(=O)OCC(COC(=O)C(C)CO)OC[C@H]1CC[C@@]2(C)[C@@H](CC[C@@H]3[C@@H]2CC[C@]2(C)C([C@H](C)CCCC(C)C)CC[C@@H]32)C1. The Bertz CT molecular complexity index is 1030. The summed E-state index contributed by atoms with van der Waals surface area (Å²) in [6, 6.07) is 0. The van der Waals surface area contributed by atoms with Crippen molar-refractivity contribution in [2.45, 2.75) is 125 Å². The van der Waals surface area contributed by atoms with Crippen LogP contribution in [0.2, 0.25) is 0 Å². The van der Waals surface area contributed by atoms with Crippen LogP contribution in [0, 0.1) is 64.1 Å². The van der Waals surface area contributed by atoms with Gasteiger partial charge in [-0.2, -0.15) is 0 Å². The van der Waals surface area contributed by atoms with Crippen LogP contribution in [-0.4, -0.2) is 61.3 Å². The highest BCUT2D eigenvalue weighted by molar-refractivity contribution is 5.87. The second-order valence-electron chi connectivity index (χ2n) is 16.9. The van der Waals surface area contributed by atoms with Gasteiger partial charge in [-0.25, -0.2) is 4.79 Å². The summed E-state index contributed by atoms with van der Waals surface area (Å²) in [6.07, 6.45) is 15.4. The number of ether oxygens (including phenoxy) is 3. The van der Waals surface area contributed by atoms with Crippen LogP contribution in [0.25, 0.3) is 0 Å². The van der Waals surface area contributed by atoms with Crippen molar-refractivity contribution in [3.8, 4) is 0 Å². The lowest BCUT2D eigenvalue weighted by atomic mass is 9.44. The molecule has 0 aliphatic heterocycles. The number of carbonyl (C=O) groups is 2. The predicted octanol–water partition coefficient (Wildman–Crippen LogP) is 7.37. The Hall–Kier alpha value is -1.44. The van der Waals surface area contributed by atoms with Crippen LogP contribution in [-0.2, 0) is 23.8 Å². The minimum absolute atomic E-state index is 0.0286. The fourth-order valence-electron chi connectivity index (χ4n) is 10.7. The molecule has 46 heavy (non-hydrogen) atoms. The van der Waals surface area contributed by atoms with Crippen LogP contribution in [0.15, 0.2) is 12.2 Å². The molecule has 0 aromatic heterocycles. The average Bonchev–Trinajstić information content (AvgIpc) is 3.40. The van der Waals surface area contributed by atoms with Crippen LogP contribution >= 0.6 is 0 Å². The van der Waals surface area contributed by atoms with Crippen LogP contribution < -0.4 is 0 Å². The van der Waals surface area contributed by atoms with Gasteiger partial charge < -0.3 is 24.4 Å². The predicted molar refractivity (Wildman–Crippen MR) is 181 cm³/mol. The van der Waals surface area contributed by atoms with E-state index in [1.807, 2.05) is 0 Å². The molecule has 0 bridgehead atoms. The summed E-state index contributed by atoms with van der Waals surface area (Å²) in [5, 5.41) is 18.5. The van der Waals surface area contributed by atoms with Crippen molar-refractivity contribution >= 4 is 11.9 Å². The van der Waals surface area contributed by atoms with E-state index in [1.54, 1.807) is 6.92 Å². The Morgan fingerprint density at radius 2 is 1.57 bits per heavy atom. The van der Waals surface area contributed by atoms with E-state index in [-0.39, 0.29) is 25.4 Å². The molecule has 2 N–H and O–H groups in total. The number of aliphatic hydroxyl groups is 2. The van der Waals surface area contributed by atoms with E-state index in [1.165, 1.54) is 64.2 Å². The van der Waals surface area contributed by atoms with Gasteiger partial charge in [-0.1, -0.05) is 60.5 Å². The molecule has 4 saturated carbocycles. The van der Waals surface area contributed by atoms with Gasteiger partial charge in [0, 0.05) is 0 Å². The summed E-state index contributed by atoms with van der Waals surface area (Å²) < 4.78 is 17.0. The summed E-state index contributed by atoms with van der Waals surface area (Å²) in [4.78, 5) is 24.3. The maximum Gasteiger partial charge on any atom is 0.335 e. The first-order valence-corrected chi connectivity index (χ1v) is 18.7. The van der Waals surface area contributed by atoms with E-state index >= 15 is 0 Å². The van der Waals surface area contributed by atoms with Gasteiger partial charge in [0.25, 0.3) is 0 Å². The molecule has 0 spiro atoms. The van der Waals surface area contributed by atoms with Crippen molar-refractivity contribution < 1.29 is 34.0 Å². The molecule has 7 heteroatoms. The minimum atomic E-state index is -0.686. The van der Waals surface area contributed by atoms with Crippen molar-refractivity contribution in [3.63, 3.8) is 0 Å². The van der Waals surface area contributed by atoms with Gasteiger partial charge in [0.05, 0.1) is 31.3 Å². The monoisotopic (exact) mass is 646 g/mol. The van der Waals surface area contributed by atoms with Crippen LogP contribution in [0.4, 0.5) is 0 Å². The van der Waals surface area contributed by atoms with E-state index in [9.17, 15) is 19.8 Å². The molecule has 3 unspecified atom stereocenters.